The van der Waals surface area contributed by atoms with E-state index in [0.29, 0.717) is 6.61 Å². The Morgan fingerprint density at radius 2 is 1.19 bits per heavy atom. The summed E-state index contributed by atoms with van der Waals surface area (Å²) in [6, 6.07) is 44.6. The Morgan fingerprint density at radius 3 is 1.97 bits per heavy atom. The molecule has 1 aliphatic rings. The number of hydrogen-bond acceptors (Lipinski definition) is 2. The van der Waals surface area contributed by atoms with Crippen molar-refractivity contribution in [1.82, 2.24) is 0 Å². The lowest BCUT2D eigenvalue weighted by Gasteiger charge is -2.14. The van der Waals surface area contributed by atoms with Gasteiger partial charge in [-0.3, -0.25) is 4.99 Å². The number of fused-ring (bicyclic) bond motifs is 1. The maximum Gasteiger partial charge on any atom is 0.128 e. The average Bonchev–Trinajstić information content (AvgIpc) is 3.17. The highest BCUT2D eigenvalue weighted by molar-refractivity contribution is 6.13. The summed E-state index contributed by atoms with van der Waals surface area (Å²) in [4.78, 5) is 5.20. The van der Waals surface area contributed by atoms with Crippen LogP contribution in [0, 0.1) is 0 Å². The summed E-state index contributed by atoms with van der Waals surface area (Å²) in [6.45, 7) is 0.540. The highest BCUT2D eigenvalue weighted by atomic mass is 16.5. The molecule has 0 unspecified atom stereocenters. The van der Waals surface area contributed by atoms with Crippen LogP contribution in [0.3, 0.4) is 0 Å². The lowest BCUT2D eigenvalue weighted by Crippen LogP contribution is -2.16. The third-order valence-electron chi connectivity index (χ3n) is 6.66. The van der Waals surface area contributed by atoms with Crippen LogP contribution in [0.15, 0.2) is 138 Å². The number of benzene rings is 5. The standard InChI is InChI=1S/C34H27NO/c1-3-9-25(10-4-1)21-32-24-36-34(29-18-15-28(16-19-29)26-11-5-2-6-12-26)23-33(35-32)31-20-17-27-13-7-8-14-30(27)22-31/h1-20,22-23,32H,21,24H2/t32-/m0/s1. The summed E-state index contributed by atoms with van der Waals surface area (Å²) < 4.78 is 6.41. The number of hydrogen-bond donors (Lipinski definition) is 0. The zero-order valence-corrected chi connectivity index (χ0v) is 20.0. The van der Waals surface area contributed by atoms with Crippen molar-refractivity contribution >= 4 is 22.2 Å². The minimum Gasteiger partial charge on any atom is -0.491 e. The molecule has 36 heavy (non-hydrogen) atoms. The van der Waals surface area contributed by atoms with Crippen molar-refractivity contribution in [3.05, 3.63) is 150 Å². The summed E-state index contributed by atoms with van der Waals surface area (Å²) in [5.74, 6) is 0.858. The van der Waals surface area contributed by atoms with E-state index >= 15 is 0 Å². The highest BCUT2D eigenvalue weighted by Gasteiger charge is 2.18. The molecule has 0 radical (unpaired) electrons. The van der Waals surface area contributed by atoms with Crippen LogP contribution in [-0.2, 0) is 11.2 Å². The van der Waals surface area contributed by atoms with E-state index in [4.69, 9.17) is 9.73 Å². The minimum absolute atomic E-state index is 0.0335. The van der Waals surface area contributed by atoms with Crippen molar-refractivity contribution in [2.24, 2.45) is 4.99 Å². The first-order chi connectivity index (χ1) is 17.8. The smallest absolute Gasteiger partial charge is 0.128 e. The average molecular weight is 466 g/mol. The van der Waals surface area contributed by atoms with Gasteiger partial charge in [-0.15, -0.1) is 0 Å². The fourth-order valence-electron chi connectivity index (χ4n) is 4.74. The predicted octanol–water partition coefficient (Wildman–Crippen LogP) is 7.98. The third kappa shape index (κ3) is 4.85. The molecular weight excluding hydrogens is 438 g/mol. The predicted molar refractivity (Wildman–Crippen MR) is 150 cm³/mol. The highest BCUT2D eigenvalue weighted by Crippen LogP contribution is 2.27. The van der Waals surface area contributed by atoms with E-state index in [9.17, 15) is 0 Å². The number of ether oxygens (including phenoxy) is 1. The molecule has 1 atom stereocenters. The Bertz CT molecular complexity index is 1530. The zero-order valence-electron chi connectivity index (χ0n) is 20.0. The van der Waals surface area contributed by atoms with Gasteiger partial charge in [-0.05, 0) is 39.9 Å². The summed E-state index contributed by atoms with van der Waals surface area (Å²) in [5, 5.41) is 2.44. The van der Waals surface area contributed by atoms with Gasteiger partial charge in [0.1, 0.15) is 12.4 Å². The van der Waals surface area contributed by atoms with Gasteiger partial charge in [0.25, 0.3) is 0 Å². The second-order valence-corrected chi connectivity index (χ2v) is 9.18. The van der Waals surface area contributed by atoms with Crippen molar-refractivity contribution in [3.8, 4) is 11.1 Å². The van der Waals surface area contributed by atoms with Crippen LogP contribution in [0.5, 0.6) is 0 Å². The molecule has 0 saturated heterocycles. The van der Waals surface area contributed by atoms with E-state index in [1.807, 2.05) is 6.07 Å². The number of allylic oxidation sites excluding steroid dienone is 1. The molecule has 0 aliphatic carbocycles. The van der Waals surface area contributed by atoms with Gasteiger partial charge in [0, 0.05) is 17.2 Å². The molecule has 2 nitrogen and oxygen atoms in total. The van der Waals surface area contributed by atoms with Crippen LogP contribution in [-0.4, -0.2) is 18.4 Å². The zero-order chi connectivity index (χ0) is 24.2. The van der Waals surface area contributed by atoms with Crippen molar-refractivity contribution < 1.29 is 4.74 Å². The topological polar surface area (TPSA) is 21.6 Å². The maximum absolute atomic E-state index is 6.41. The molecule has 0 amide bonds. The van der Waals surface area contributed by atoms with Crippen LogP contribution in [0.2, 0.25) is 0 Å². The maximum atomic E-state index is 6.41. The van der Waals surface area contributed by atoms with E-state index in [2.05, 4.69) is 127 Å². The molecule has 1 aliphatic heterocycles. The first kappa shape index (κ1) is 22.1. The normalized spacial score (nSPS) is 15.5. The Labute approximate surface area is 212 Å². The molecule has 6 rings (SSSR count). The van der Waals surface area contributed by atoms with Crippen molar-refractivity contribution in [3.63, 3.8) is 0 Å². The van der Waals surface area contributed by atoms with Gasteiger partial charge < -0.3 is 4.74 Å². The van der Waals surface area contributed by atoms with Crippen LogP contribution >= 0.6 is 0 Å². The molecule has 5 aromatic rings. The molecule has 174 valence electrons. The van der Waals surface area contributed by atoms with E-state index < -0.39 is 0 Å². The van der Waals surface area contributed by atoms with Crippen LogP contribution < -0.4 is 0 Å². The fourth-order valence-corrected chi connectivity index (χ4v) is 4.74. The van der Waals surface area contributed by atoms with Gasteiger partial charge in [0.15, 0.2) is 0 Å². The quantitative estimate of drug-likeness (QED) is 0.258. The second kappa shape index (κ2) is 10.1. The van der Waals surface area contributed by atoms with Crippen molar-refractivity contribution in [1.29, 1.82) is 0 Å². The molecular formula is C34H27NO. The van der Waals surface area contributed by atoms with Crippen LogP contribution in [0.25, 0.3) is 27.7 Å². The fraction of sp³-hybridized carbons (Fsp3) is 0.0882. The lowest BCUT2D eigenvalue weighted by atomic mass is 10.0. The monoisotopic (exact) mass is 465 g/mol. The SMILES string of the molecule is C1=C(c2ccc(-c3ccccc3)cc2)OC[C@H](Cc2ccccc2)N=C1c1ccc2ccccc2c1. The van der Waals surface area contributed by atoms with Gasteiger partial charge in [-0.25, -0.2) is 0 Å². The number of nitrogens with zero attached hydrogens (tertiary/aromatic N) is 1. The molecule has 0 aromatic heterocycles. The lowest BCUT2D eigenvalue weighted by molar-refractivity contribution is 0.254. The first-order valence-electron chi connectivity index (χ1n) is 12.4. The summed E-state index contributed by atoms with van der Waals surface area (Å²) in [6.07, 6.45) is 2.94. The Balaban J connectivity index is 1.36. The van der Waals surface area contributed by atoms with E-state index in [0.717, 1.165) is 29.0 Å². The van der Waals surface area contributed by atoms with Crippen LogP contribution in [0.1, 0.15) is 16.7 Å². The molecule has 0 bridgehead atoms. The summed E-state index contributed by atoms with van der Waals surface area (Å²) in [7, 11) is 0. The van der Waals surface area contributed by atoms with Crippen LogP contribution in [0.4, 0.5) is 0 Å². The van der Waals surface area contributed by atoms with Crippen molar-refractivity contribution in [2.75, 3.05) is 6.61 Å². The molecule has 2 heteroatoms. The van der Waals surface area contributed by atoms with E-state index in [-0.39, 0.29) is 6.04 Å². The Kier molecular flexibility index (Phi) is 6.16. The molecule has 0 saturated carbocycles. The Morgan fingerprint density at radius 1 is 0.583 bits per heavy atom. The molecule has 0 spiro atoms. The second-order valence-electron chi connectivity index (χ2n) is 9.18. The Hall–Kier alpha value is -4.43. The van der Waals surface area contributed by atoms with Gasteiger partial charge in [-0.2, -0.15) is 0 Å². The van der Waals surface area contributed by atoms with E-state index in [1.54, 1.807) is 0 Å². The largest absolute Gasteiger partial charge is 0.491 e. The number of aliphatic imine (C=N–C) groups is 1. The summed E-state index contributed by atoms with van der Waals surface area (Å²) >= 11 is 0. The minimum atomic E-state index is 0.0335. The first-order valence-corrected chi connectivity index (χ1v) is 12.4. The number of rotatable bonds is 5. The van der Waals surface area contributed by atoms with E-state index in [1.165, 1.54) is 27.5 Å². The van der Waals surface area contributed by atoms with Crippen molar-refractivity contribution in [2.45, 2.75) is 12.5 Å². The summed E-state index contributed by atoms with van der Waals surface area (Å²) in [5.41, 5.74) is 6.80. The molecule has 0 fully saturated rings. The molecule has 1 heterocycles. The molecule has 0 N–H and O–H groups in total. The van der Waals surface area contributed by atoms with Gasteiger partial charge in [0.05, 0.1) is 11.8 Å². The van der Waals surface area contributed by atoms with Gasteiger partial charge in [-0.1, -0.05) is 121 Å². The molecule has 5 aromatic carbocycles. The van der Waals surface area contributed by atoms with Gasteiger partial charge >= 0.3 is 0 Å². The third-order valence-corrected chi connectivity index (χ3v) is 6.66. The van der Waals surface area contributed by atoms with Gasteiger partial charge in [0.2, 0.25) is 0 Å².